The molecule has 1 aliphatic rings. The Balaban J connectivity index is 1.31. The van der Waals surface area contributed by atoms with E-state index >= 15 is 0 Å². The molecule has 0 aliphatic carbocycles. The third-order valence-electron chi connectivity index (χ3n) is 4.84. The van der Waals surface area contributed by atoms with Crippen molar-refractivity contribution in [1.29, 1.82) is 0 Å². The molecule has 0 spiro atoms. The molecule has 0 unspecified atom stereocenters. The van der Waals surface area contributed by atoms with E-state index in [1.54, 1.807) is 6.26 Å². The van der Waals surface area contributed by atoms with Gasteiger partial charge in [-0.3, -0.25) is 4.79 Å². The molecule has 1 aliphatic heterocycles. The smallest absolute Gasteiger partial charge is 0.230 e. The van der Waals surface area contributed by atoms with E-state index in [2.05, 4.69) is 34.7 Å². The second-order valence-electron chi connectivity index (χ2n) is 7.64. The van der Waals surface area contributed by atoms with Gasteiger partial charge in [0, 0.05) is 6.42 Å². The van der Waals surface area contributed by atoms with E-state index in [0.29, 0.717) is 24.9 Å². The van der Waals surface area contributed by atoms with Gasteiger partial charge in [-0.2, -0.15) is 0 Å². The molecule has 2 N–H and O–H groups in total. The van der Waals surface area contributed by atoms with Crippen LogP contribution in [0.4, 0.5) is 5.13 Å². The van der Waals surface area contributed by atoms with Crippen molar-refractivity contribution >= 4 is 34.1 Å². The van der Waals surface area contributed by atoms with Crippen molar-refractivity contribution in [3.05, 3.63) is 47.9 Å². The van der Waals surface area contributed by atoms with E-state index in [9.17, 15) is 4.79 Å². The molecule has 2 aromatic heterocycles. The predicted octanol–water partition coefficient (Wildman–Crippen LogP) is 4.51. The molecule has 3 aromatic rings. The first-order valence-corrected chi connectivity index (χ1v) is 12.3. The fourth-order valence-electron chi connectivity index (χ4n) is 3.27. The first kappa shape index (κ1) is 22.5. The number of fused-ring (bicyclic) bond motifs is 1. The van der Waals surface area contributed by atoms with E-state index < -0.39 is 0 Å². The first-order valence-electron chi connectivity index (χ1n) is 10.5. The lowest BCUT2D eigenvalue weighted by Crippen LogP contribution is -2.33. The second kappa shape index (κ2) is 10.7. The molecule has 8 nitrogen and oxygen atoms in total. The number of anilines is 1. The van der Waals surface area contributed by atoms with E-state index in [4.69, 9.17) is 13.9 Å². The molecule has 1 amide bonds. The topological polar surface area (TPSA) is 98.5 Å². The van der Waals surface area contributed by atoms with Crippen LogP contribution in [0, 0.1) is 5.92 Å². The van der Waals surface area contributed by atoms with Gasteiger partial charge in [0.1, 0.15) is 5.76 Å². The third-order valence-corrected chi connectivity index (χ3v) is 6.86. The van der Waals surface area contributed by atoms with Gasteiger partial charge in [-0.1, -0.05) is 43.0 Å². The van der Waals surface area contributed by atoms with Crippen LogP contribution in [0.2, 0.25) is 0 Å². The van der Waals surface area contributed by atoms with Crippen molar-refractivity contribution in [2.75, 3.05) is 24.3 Å². The van der Waals surface area contributed by atoms with Crippen molar-refractivity contribution in [3.8, 4) is 11.5 Å². The van der Waals surface area contributed by atoms with Crippen molar-refractivity contribution < 1.29 is 18.7 Å². The SMILES string of the molecule is CC(C)[C@H](NC(=O)CSc1nnc(NCc2ccco2)s1)c1ccc2c(c1)OCCCO2. The van der Waals surface area contributed by atoms with Crippen molar-refractivity contribution in [2.45, 2.75) is 37.2 Å². The summed E-state index contributed by atoms with van der Waals surface area (Å²) in [5.74, 6) is 2.73. The summed E-state index contributed by atoms with van der Waals surface area (Å²) in [6.45, 7) is 6.00. The summed E-state index contributed by atoms with van der Waals surface area (Å²) >= 11 is 2.79. The van der Waals surface area contributed by atoms with Gasteiger partial charge in [0.2, 0.25) is 11.0 Å². The summed E-state index contributed by atoms with van der Waals surface area (Å²) in [6, 6.07) is 9.49. The minimum atomic E-state index is -0.125. The zero-order chi connectivity index (χ0) is 22.3. The highest BCUT2D eigenvalue weighted by Gasteiger charge is 2.21. The molecule has 0 fully saturated rings. The van der Waals surface area contributed by atoms with Crippen molar-refractivity contribution in [2.24, 2.45) is 5.92 Å². The van der Waals surface area contributed by atoms with Crippen LogP contribution in [0.5, 0.6) is 11.5 Å². The summed E-state index contributed by atoms with van der Waals surface area (Å²) in [5, 5.41) is 15.3. The van der Waals surface area contributed by atoms with Crippen LogP contribution in [0.3, 0.4) is 0 Å². The van der Waals surface area contributed by atoms with Crippen molar-refractivity contribution in [1.82, 2.24) is 15.5 Å². The van der Waals surface area contributed by atoms with Crippen LogP contribution in [0.25, 0.3) is 0 Å². The van der Waals surface area contributed by atoms with Crippen LogP contribution < -0.4 is 20.1 Å². The van der Waals surface area contributed by atoms with Crippen LogP contribution in [-0.2, 0) is 11.3 Å². The van der Waals surface area contributed by atoms with Crippen LogP contribution >= 0.6 is 23.1 Å². The molecule has 0 bridgehead atoms. The molecule has 3 heterocycles. The molecular weight excluding hydrogens is 448 g/mol. The second-order valence-corrected chi connectivity index (χ2v) is 9.84. The third kappa shape index (κ3) is 5.95. The van der Waals surface area contributed by atoms with E-state index in [1.165, 1.54) is 23.1 Å². The summed E-state index contributed by atoms with van der Waals surface area (Å²) in [6.07, 6.45) is 2.49. The van der Waals surface area contributed by atoms with Gasteiger partial charge in [0.05, 0.1) is 37.8 Å². The molecule has 4 rings (SSSR count). The Morgan fingerprint density at radius 3 is 2.81 bits per heavy atom. The number of benzene rings is 1. The normalized spacial score (nSPS) is 14.1. The molecule has 1 atom stereocenters. The maximum absolute atomic E-state index is 12.7. The minimum Gasteiger partial charge on any atom is -0.490 e. The summed E-state index contributed by atoms with van der Waals surface area (Å²) in [5.41, 5.74) is 1.00. The average molecular weight is 475 g/mol. The van der Waals surface area contributed by atoms with E-state index in [-0.39, 0.29) is 23.6 Å². The lowest BCUT2D eigenvalue weighted by atomic mass is 9.95. The molecule has 170 valence electrons. The number of ether oxygens (including phenoxy) is 2. The van der Waals surface area contributed by atoms with Gasteiger partial charge < -0.3 is 24.5 Å². The van der Waals surface area contributed by atoms with Gasteiger partial charge >= 0.3 is 0 Å². The quantitative estimate of drug-likeness (QED) is 0.437. The average Bonchev–Trinajstić information content (AvgIpc) is 3.41. The molecule has 0 saturated carbocycles. The summed E-state index contributed by atoms with van der Waals surface area (Å²) in [7, 11) is 0. The molecular formula is C22H26N4O4S2. The number of aromatic nitrogens is 2. The largest absolute Gasteiger partial charge is 0.490 e. The molecule has 1 aromatic carbocycles. The van der Waals surface area contributed by atoms with Crippen LogP contribution in [0.1, 0.15) is 37.6 Å². The lowest BCUT2D eigenvalue weighted by molar-refractivity contribution is -0.119. The number of amides is 1. The predicted molar refractivity (Wildman–Crippen MR) is 124 cm³/mol. The number of hydrogen-bond acceptors (Lipinski definition) is 9. The van der Waals surface area contributed by atoms with Crippen LogP contribution in [0.15, 0.2) is 45.4 Å². The Bertz CT molecular complexity index is 1020. The van der Waals surface area contributed by atoms with Gasteiger partial charge in [0.25, 0.3) is 0 Å². The zero-order valence-corrected chi connectivity index (χ0v) is 19.6. The minimum absolute atomic E-state index is 0.0545. The lowest BCUT2D eigenvalue weighted by Gasteiger charge is -2.23. The highest BCUT2D eigenvalue weighted by atomic mass is 32.2. The maximum Gasteiger partial charge on any atom is 0.230 e. The number of rotatable bonds is 9. The maximum atomic E-state index is 12.7. The number of furan rings is 1. The number of nitrogens with zero attached hydrogens (tertiary/aromatic N) is 2. The van der Waals surface area contributed by atoms with E-state index in [0.717, 1.165) is 33.6 Å². The fourth-order valence-corrected chi connectivity index (χ4v) is 4.82. The number of carbonyl (C=O) groups is 1. The van der Waals surface area contributed by atoms with Gasteiger partial charge in [-0.25, -0.2) is 0 Å². The Hall–Kier alpha value is -2.72. The highest BCUT2D eigenvalue weighted by molar-refractivity contribution is 8.01. The molecule has 10 heteroatoms. The Kier molecular flexibility index (Phi) is 7.54. The summed E-state index contributed by atoms with van der Waals surface area (Å²) in [4.78, 5) is 12.7. The standard InChI is InChI=1S/C22H26N4O4S2/c1-14(2)20(15-6-7-17-18(11-15)30-10-4-9-29-17)24-19(27)13-31-22-26-25-21(32-22)23-12-16-5-3-8-28-16/h3,5-8,11,14,20H,4,9-10,12-13H2,1-2H3,(H,23,25)(H,24,27)/t20-/m0/s1. The van der Waals surface area contributed by atoms with Gasteiger partial charge in [0.15, 0.2) is 15.8 Å². The number of hydrogen-bond donors (Lipinski definition) is 2. The molecule has 32 heavy (non-hydrogen) atoms. The molecule has 0 radical (unpaired) electrons. The number of nitrogens with one attached hydrogen (secondary N) is 2. The van der Waals surface area contributed by atoms with Gasteiger partial charge in [-0.05, 0) is 35.7 Å². The fraction of sp³-hybridized carbons (Fsp3) is 0.409. The molecule has 0 saturated heterocycles. The Morgan fingerprint density at radius 1 is 1.19 bits per heavy atom. The Morgan fingerprint density at radius 2 is 2.03 bits per heavy atom. The Labute approximate surface area is 195 Å². The van der Waals surface area contributed by atoms with Crippen molar-refractivity contribution in [3.63, 3.8) is 0 Å². The summed E-state index contributed by atoms with van der Waals surface area (Å²) < 4.78 is 17.5. The van der Waals surface area contributed by atoms with E-state index in [1.807, 2.05) is 30.3 Å². The monoisotopic (exact) mass is 474 g/mol. The first-order chi connectivity index (χ1) is 15.6. The van der Waals surface area contributed by atoms with Crippen LogP contribution in [-0.4, -0.2) is 35.1 Å². The highest BCUT2D eigenvalue weighted by Crippen LogP contribution is 2.34. The van der Waals surface area contributed by atoms with Gasteiger partial charge in [-0.15, -0.1) is 10.2 Å². The number of thioether (sulfide) groups is 1. The number of carbonyl (C=O) groups excluding carboxylic acids is 1. The zero-order valence-electron chi connectivity index (χ0n) is 18.0.